The van der Waals surface area contributed by atoms with E-state index in [4.69, 9.17) is 0 Å². The third-order valence-electron chi connectivity index (χ3n) is 3.33. The van der Waals surface area contributed by atoms with Crippen molar-refractivity contribution in [2.45, 2.75) is 57.7 Å². The largest absolute Gasteiger partial charge is 0.391 e. The first-order chi connectivity index (χ1) is 7.93. The number of nitrogens with one attached hydrogen (secondary N) is 1. The van der Waals surface area contributed by atoms with Gasteiger partial charge in [-0.15, -0.1) is 0 Å². The van der Waals surface area contributed by atoms with Crippen molar-refractivity contribution in [2.75, 3.05) is 7.05 Å². The molecular weight excluding hydrogens is 220 g/mol. The molecule has 98 valence electrons. The number of amides is 2. The lowest BCUT2D eigenvalue weighted by molar-refractivity contribution is -0.139. The monoisotopic (exact) mass is 242 g/mol. The molecule has 0 bridgehead atoms. The molecule has 2 amide bonds. The number of aliphatic hydroxyl groups is 1. The van der Waals surface area contributed by atoms with Gasteiger partial charge in [-0.25, -0.2) is 0 Å². The number of likely N-dealkylation sites (N-methyl/N-ethyl adjacent to an activating group) is 1. The number of nitrogens with zero attached hydrogens (tertiary/aromatic N) is 1. The highest BCUT2D eigenvalue weighted by Gasteiger charge is 2.31. The van der Waals surface area contributed by atoms with Crippen LogP contribution < -0.4 is 5.32 Å². The Morgan fingerprint density at radius 1 is 1.35 bits per heavy atom. The number of carbonyl (C=O) groups excluding carboxylic acids is 2. The van der Waals surface area contributed by atoms with Gasteiger partial charge in [-0.3, -0.25) is 9.59 Å². The Morgan fingerprint density at radius 3 is 2.47 bits per heavy atom. The number of hydrogen-bond acceptors (Lipinski definition) is 3. The zero-order chi connectivity index (χ0) is 13.0. The molecule has 0 saturated heterocycles. The van der Waals surface area contributed by atoms with E-state index in [9.17, 15) is 14.7 Å². The fourth-order valence-corrected chi connectivity index (χ4v) is 2.38. The molecule has 1 aliphatic carbocycles. The van der Waals surface area contributed by atoms with Crippen molar-refractivity contribution < 1.29 is 14.7 Å². The Kier molecular flexibility index (Phi) is 4.93. The van der Waals surface area contributed by atoms with Gasteiger partial charge in [-0.2, -0.15) is 0 Å². The first-order valence-corrected chi connectivity index (χ1v) is 6.15. The average molecular weight is 242 g/mol. The molecule has 2 N–H and O–H groups in total. The van der Waals surface area contributed by atoms with E-state index in [0.29, 0.717) is 0 Å². The summed E-state index contributed by atoms with van der Waals surface area (Å²) in [6.45, 7) is 3.05. The Morgan fingerprint density at radius 2 is 1.94 bits per heavy atom. The zero-order valence-corrected chi connectivity index (χ0v) is 10.8. The summed E-state index contributed by atoms with van der Waals surface area (Å²) in [5.41, 5.74) is 0. The average Bonchev–Trinajstić information content (AvgIpc) is 2.27. The quantitative estimate of drug-likeness (QED) is 0.746. The van der Waals surface area contributed by atoms with E-state index >= 15 is 0 Å². The van der Waals surface area contributed by atoms with Crippen LogP contribution in [-0.2, 0) is 9.59 Å². The summed E-state index contributed by atoms with van der Waals surface area (Å²) in [5, 5.41) is 12.4. The van der Waals surface area contributed by atoms with E-state index in [2.05, 4.69) is 5.32 Å². The first kappa shape index (κ1) is 14.0. The van der Waals surface area contributed by atoms with Crippen molar-refractivity contribution in [1.82, 2.24) is 10.2 Å². The van der Waals surface area contributed by atoms with Crippen molar-refractivity contribution >= 4 is 11.8 Å². The molecule has 17 heavy (non-hydrogen) atoms. The lowest BCUT2D eigenvalue weighted by Gasteiger charge is -2.36. The van der Waals surface area contributed by atoms with Gasteiger partial charge in [0.05, 0.1) is 12.1 Å². The molecule has 1 aliphatic rings. The summed E-state index contributed by atoms with van der Waals surface area (Å²) in [6, 6.07) is -0.654. The van der Waals surface area contributed by atoms with E-state index in [0.717, 1.165) is 25.7 Å². The molecule has 5 nitrogen and oxygen atoms in total. The second-order valence-corrected chi connectivity index (χ2v) is 4.79. The van der Waals surface area contributed by atoms with Crippen molar-refractivity contribution in [3.8, 4) is 0 Å². The molecule has 1 fully saturated rings. The second-order valence-electron chi connectivity index (χ2n) is 4.79. The Labute approximate surface area is 102 Å². The minimum absolute atomic E-state index is 0.118. The summed E-state index contributed by atoms with van der Waals surface area (Å²) < 4.78 is 0. The molecule has 0 aromatic carbocycles. The predicted molar refractivity (Wildman–Crippen MR) is 64.3 cm³/mol. The standard InChI is InChI=1S/C12H22N2O3/c1-8(13-9(2)15)12(17)14(3)10-6-4-5-7-11(10)16/h8,10-11,16H,4-7H2,1-3H3,(H,13,15). The van der Waals surface area contributed by atoms with Crippen LogP contribution in [0.4, 0.5) is 0 Å². The summed E-state index contributed by atoms with van der Waals surface area (Å²) in [4.78, 5) is 24.5. The number of carbonyl (C=O) groups is 2. The van der Waals surface area contributed by atoms with Crippen LogP contribution in [0.25, 0.3) is 0 Å². The molecule has 3 unspecified atom stereocenters. The van der Waals surface area contributed by atoms with Gasteiger partial charge in [0.2, 0.25) is 11.8 Å². The van der Waals surface area contributed by atoms with Crippen LogP contribution in [0, 0.1) is 0 Å². The highest BCUT2D eigenvalue weighted by atomic mass is 16.3. The molecule has 0 aromatic heterocycles. The van der Waals surface area contributed by atoms with Crippen LogP contribution in [0.3, 0.4) is 0 Å². The number of aliphatic hydroxyl groups excluding tert-OH is 1. The van der Waals surface area contributed by atoms with Gasteiger partial charge in [0, 0.05) is 14.0 Å². The van der Waals surface area contributed by atoms with Crippen LogP contribution in [0.5, 0.6) is 0 Å². The van der Waals surface area contributed by atoms with Gasteiger partial charge >= 0.3 is 0 Å². The fraction of sp³-hybridized carbons (Fsp3) is 0.833. The van der Waals surface area contributed by atoms with Crippen LogP contribution in [0.1, 0.15) is 39.5 Å². The maximum absolute atomic E-state index is 12.0. The van der Waals surface area contributed by atoms with Gasteiger partial charge in [-0.05, 0) is 19.8 Å². The topological polar surface area (TPSA) is 69.6 Å². The van der Waals surface area contributed by atoms with Crippen LogP contribution in [-0.4, -0.2) is 47.1 Å². The minimum Gasteiger partial charge on any atom is -0.391 e. The molecule has 0 spiro atoms. The molecule has 1 saturated carbocycles. The molecule has 5 heteroatoms. The SMILES string of the molecule is CC(=O)NC(C)C(=O)N(C)C1CCCCC1O. The Hall–Kier alpha value is -1.10. The summed E-state index contributed by atoms with van der Waals surface area (Å²) in [7, 11) is 1.69. The summed E-state index contributed by atoms with van der Waals surface area (Å²) >= 11 is 0. The van der Waals surface area contributed by atoms with E-state index in [1.165, 1.54) is 6.92 Å². The number of rotatable bonds is 3. The van der Waals surface area contributed by atoms with Crippen molar-refractivity contribution in [3.63, 3.8) is 0 Å². The van der Waals surface area contributed by atoms with E-state index < -0.39 is 12.1 Å². The minimum atomic E-state index is -0.536. The van der Waals surface area contributed by atoms with Crippen molar-refractivity contribution in [3.05, 3.63) is 0 Å². The van der Waals surface area contributed by atoms with Crippen molar-refractivity contribution in [1.29, 1.82) is 0 Å². The highest BCUT2D eigenvalue weighted by molar-refractivity contribution is 5.86. The zero-order valence-electron chi connectivity index (χ0n) is 10.8. The Balaban J connectivity index is 2.58. The lowest BCUT2D eigenvalue weighted by atomic mass is 9.91. The van der Waals surface area contributed by atoms with Gasteiger partial charge in [-0.1, -0.05) is 12.8 Å². The molecule has 0 aromatic rings. The summed E-state index contributed by atoms with van der Waals surface area (Å²) in [6.07, 6.45) is 3.18. The first-order valence-electron chi connectivity index (χ1n) is 6.15. The van der Waals surface area contributed by atoms with E-state index in [-0.39, 0.29) is 17.9 Å². The van der Waals surface area contributed by atoms with Crippen LogP contribution >= 0.6 is 0 Å². The molecule has 0 aliphatic heterocycles. The predicted octanol–water partition coefficient (Wildman–Crippen LogP) is 0.273. The fourth-order valence-electron chi connectivity index (χ4n) is 2.38. The Bertz CT molecular complexity index is 293. The van der Waals surface area contributed by atoms with Crippen LogP contribution in [0.15, 0.2) is 0 Å². The summed E-state index contributed by atoms with van der Waals surface area (Å²) in [5.74, 6) is -0.366. The number of hydrogen-bond donors (Lipinski definition) is 2. The lowest BCUT2D eigenvalue weighted by Crippen LogP contribution is -2.52. The molecular formula is C12H22N2O3. The third-order valence-corrected chi connectivity index (χ3v) is 3.33. The van der Waals surface area contributed by atoms with E-state index in [1.807, 2.05) is 0 Å². The second kappa shape index (κ2) is 6.00. The van der Waals surface area contributed by atoms with Gasteiger partial charge in [0.15, 0.2) is 0 Å². The maximum Gasteiger partial charge on any atom is 0.244 e. The van der Waals surface area contributed by atoms with E-state index in [1.54, 1.807) is 18.9 Å². The molecule has 0 heterocycles. The molecule has 1 rings (SSSR count). The van der Waals surface area contributed by atoms with Crippen LogP contribution in [0.2, 0.25) is 0 Å². The maximum atomic E-state index is 12.0. The normalized spacial score (nSPS) is 26.1. The third kappa shape index (κ3) is 3.70. The van der Waals surface area contributed by atoms with Crippen molar-refractivity contribution in [2.24, 2.45) is 0 Å². The molecule has 3 atom stereocenters. The molecule has 0 radical (unpaired) electrons. The van der Waals surface area contributed by atoms with Gasteiger partial charge < -0.3 is 15.3 Å². The smallest absolute Gasteiger partial charge is 0.244 e. The highest BCUT2D eigenvalue weighted by Crippen LogP contribution is 2.22. The van der Waals surface area contributed by atoms with Gasteiger partial charge in [0.1, 0.15) is 6.04 Å². The van der Waals surface area contributed by atoms with Gasteiger partial charge in [0.25, 0.3) is 0 Å².